The quantitative estimate of drug-likeness (QED) is 0.146. The minimum atomic E-state index is -0.460. The normalized spacial score (nSPS) is 13.1. The van der Waals surface area contributed by atoms with E-state index in [1.54, 1.807) is 56.4 Å². The highest BCUT2D eigenvalue weighted by atomic mass is 35.5. The van der Waals surface area contributed by atoms with Crippen LogP contribution in [-0.2, 0) is 25.7 Å². The van der Waals surface area contributed by atoms with Crippen molar-refractivity contribution >= 4 is 69.3 Å². The minimum Gasteiger partial charge on any atom is -0.487 e. The van der Waals surface area contributed by atoms with Gasteiger partial charge in [-0.1, -0.05) is 47.5 Å². The molecule has 1 aliphatic heterocycles. The van der Waals surface area contributed by atoms with Gasteiger partial charge in [-0.3, -0.25) is 9.59 Å². The smallest absolute Gasteiger partial charge is 0.338 e. The fourth-order valence-electron chi connectivity index (χ4n) is 5.23. The first-order chi connectivity index (χ1) is 23.2. The van der Waals surface area contributed by atoms with Crippen molar-refractivity contribution in [3.63, 3.8) is 0 Å². The summed E-state index contributed by atoms with van der Waals surface area (Å²) in [5.74, 6) is -0.683. The van der Waals surface area contributed by atoms with E-state index in [1.807, 2.05) is 25.1 Å². The lowest BCUT2D eigenvalue weighted by Gasteiger charge is -2.30. The molecule has 0 bridgehead atoms. The molecule has 2 amide bonds. The van der Waals surface area contributed by atoms with Crippen molar-refractivity contribution in [1.29, 1.82) is 0 Å². The van der Waals surface area contributed by atoms with Gasteiger partial charge in [-0.05, 0) is 61.9 Å². The van der Waals surface area contributed by atoms with Crippen LogP contribution in [0.25, 0.3) is 17.0 Å². The molecule has 0 radical (unpaired) electrons. The van der Waals surface area contributed by atoms with E-state index in [9.17, 15) is 14.4 Å². The van der Waals surface area contributed by atoms with E-state index in [2.05, 4.69) is 16.3 Å². The van der Waals surface area contributed by atoms with Crippen LogP contribution in [0.4, 0.5) is 11.4 Å². The molecule has 5 rings (SSSR count). The Bertz CT molecular complexity index is 1840. The van der Waals surface area contributed by atoms with Gasteiger partial charge >= 0.3 is 5.97 Å². The molecule has 12 heteroatoms. The molecule has 0 saturated carbocycles. The number of nitrogens with one attached hydrogen (secondary N) is 1. The average molecular weight is 692 g/mol. The summed E-state index contributed by atoms with van der Waals surface area (Å²) in [5.41, 5.74) is 4.72. The van der Waals surface area contributed by atoms with Crippen molar-refractivity contribution in [1.82, 2.24) is 10.3 Å². The summed E-state index contributed by atoms with van der Waals surface area (Å²) in [5, 5.41) is 4.21. The van der Waals surface area contributed by atoms with Crippen LogP contribution >= 0.6 is 23.2 Å². The van der Waals surface area contributed by atoms with Gasteiger partial charge in [0.2, 0.25) is 11.8 Å². The molecule has 0 aliphatic carbocycles. The average Bonchev–Trinajstić information content (AvgIpc) is 3.09. The third-order valence-corrected chi connectivity index (χ3v) is 8.57. The standard InChI is InChI=1S/C36H36Cl2N4O6/c1-4-47-36(45)25-11-8-24(9-12-25)10-15-32(43)39-21-33(44)41(3)29-14-13-28(37)27(34(29)38)22-48-31-7-5-6-26-30(20-23(2)40-35(26)31)42-16-18-46-19-17-42/h5-15,20H,4,16-19,21-22H2,1-3H3,(H,39,43)/b15-10+. The molecule has 1 N–H and O–H groups in total. The zero-order valence-electron chi connectivity index (χ0n) is 26.9. The molecule has 10 nitrogen and oxygen atoms in total. The van der Waals surface area contributed by atoms with Gasteiger partial charge in [0.1, 0.15) is 17.9 Å². The highest BCUT2D eigenvalue weighted by molar-refractivity contribution is 6.38. The number of carbonyl (C=O) groups excluding carboxylic acids is 3. The summed E-state index contributed by atoms with van der Waals surface area (Å²) < 4.78 is 16.8. The maximum absolute atomic E-state index is 13.0. The lowest BCUT2D eigenvalue weighted by molar-refractivity contribution is -0.122. The van der Waals surface area contributed by atoms with Crippen LogP contribution in [-0.4, -0.2) is 69.3 Å². The van der Waals surface area contributed by atoms with Crippen LogP contribution in [0.2, 0.25) is 10.0 Å². The van der Waals surface area contributed by atoms with Crippen LogP contribution < -0.4 is 19.9 Å². The number of carbonyl (C=O) groups is 3. The molecule has 1 fully saturated rings. The molecule has 1 saturated heterocycles. The number of aryl methyl sites for hydroxylation is 1. The van der Waals surface area contributed by atoms with Gasteiger partial charge in [-0.25, -0.2) is 9.78 Å². The maximum atomic E-state index is 13.0. The zero-order valence-corrected chi connectivity index (χ0v) is 28.4. The topological polar surface area (TPSA) is 110 Å². The molecule has 0 atom stereocenters. The second kappa shape index (κ2) is 16.0. The summed E-state index contributed by atoms with van der Waals surface area (Å²) in [7, 11) is 1.57. The molecular weight excluding hydrogens is 655 g/mol. The van der Waals surface area contributed by atoms with Crippen molar-refractivity contribution in [3.05, 3.63) is 99.2 Å². The zero-order chi connectivity index (χ0) is 34.2. The Kier molecular flexibility index (Phi) is 11.5. The fourth-order valence-corrected chi connectivity index (χ4v) is 5.84. The van der Waals surface area contributed by atoms with Crippen LogP contribution in [0.15, 0.2) is 66.7 Å². The molecule has 1 aliphatic rings. The largest absolute Gasteiger partial charge is 0.487 e. The number of morpholine rings is 1. The molecule has 1 aromatic heterocycles. The predicted octanol–water partition coefficient (Wildman–Crippen LogP) is 6.23. The summed E-state index contributed by atoms with van der Waals surface area (Å²) >= 11 is 13.4. The number of esters is 1. The minimum absolute atomic E-state index is 0.0391. The van der Waals surface area contributed by atoms with Crippen molar-refractivity contribution in [3.8, 4) is 5.75 Å². The first-order valence-electron chi connectivity index (χ1n) is 15.5. The summed E-state index contributed by atoms with van der Waals surface area (Å²) in [6, 6.07) is 17.8. The molecule has 0 unspecified atom stereocenters. The number of benzene rings is 3. The Morgan fingerprint density at radius 2 is 1.81 bits per heavy atom. The molecule has 3 aromatic carbocycles. The Morgan fingerprint density at radius 1 is 1.06 bits per heavy atom. The highest BCUT2D eigenvalue weighted by Crippen LogP contribution is 2.37. The molecule has 250 valence electrons. The van der Waals surface area contributed by atoms with Crippen LogP contribution in [0, 0.1) is 6.92 Å². The van der Waals surface area contributed by atoms with E-state index in [1.165, 1.54) is 11.0 Å². The van der Waals surface area contributed by atoms with Gasteiger partial charge in [0, 0.05) is 53.6 Å². The number of ether oxygens (including phenoxy) is 3. The lowest BCUT2D eigenvalue weighted by Crippen LogP contribution is -2.37. The number of hydrogen-bond acceptors (Lipinski definition) is 8. The predicted molar refractivity (Wildman–Crippen MR) is 188 cm³/mol. The van der Waals surface area contributed by atoms with Crippen LogP contribution in [0.3, 0.4) is 0 Å². The number of likely N-dealkylation sites (N-methyl/N-ethyl adjacent to an activating group) is 1. The number of fused-ring (bicyclic) bond motifs is 1. The SMILES string of the molecule is CCOC(=O)c1ccc(/C=C/C(=O)NCC(=O)N(C)c2ccc(Cl)c(COc3cccc4c(N5CCOCC5)cc(C)nc34)c2Cl)cc1. The van der Waals surface area contributed by atoms with Crippen molar-refractivity contribution < 1.29 is 28.6 Å². The summed E-state index contributed by atoms with van der Waals surface area (Å²) in [6.45, 7) is 6.68. The number of hydrogen-bond donors (Lipinski definition) is 1. The summed E-state index contributed by atoms with van der Waals surface area (Å²) in [6.07, 6.45) is 2.89. The molecule has 4 aromatic rings. The first kappa shape index (κ1) is 34.7. The second-order valence-electron chi connectivity index (χ2n) is 11.0. The van der Waals surface area contributed by atoms with E-state index in [-0.39, 0.29) is 24.8 Å². The van der Waals surface area contributed by atoms with Gasteiger partial charge in [-0.15, -0.1) is 0 Å². The number of aromatic nitrogens is 1. The fraction of sp³-hybridized carbons (Fsp3) is 0.278. The number of para-hydroxylation sites is 1. The van der Waals surface area contributed by atoms with Gasteiger partial charge in [0.15, 0.2) is 0 Å². The van der Waals surface area contributed by atoms with Crippen molar-refractivity contribution in [2.24, 2.45) is 0 Å². The lowest BCUT2D eigenvalue weighted by atomic mass is 10.1. The number of pyridine rings is 1. The Hall–Kier alpha value is -4.64. The maximum Gasteiger partial charge on any atom is 0.338 e. The van der Waals surface area contributed by atoms with E-state index >= 15 is 0 Å². The van der Waals surface area contributed by atoms with E-state index in [4.69, 9.17) is 42.4 Å². The second-order valence-corrected chi connectivity index (χ2v) is 11.8. The van der Waals surface area contributed by atoms with Crippen molar-refractivity contribution in [2.45, 2.75) is 20.5 Å². The van der Waals surface area contributed by atoms with Gasteiger partial charge in [0.05, 0.1) is 42.6 Å². The number of halogens is 2. The van der Waals surface area contributed by atoms with Gasteiger partial charge in [0.25, 0.3) is 0 Å². The third kappa shape index (κ3) is 8.25. The Balaban J connectivity index is 1.23. The molecule has 48 heavy (non-hydrogen) atoms. The summed E-state index contributed by atoms with van der Waals surface area (Å²) in [4.78, 5) is 45.7. The Morgan fingerprint density at radius 3 is 2.54 bits per heavy atom. The van der Waals surface area contributed by atoms with E-state index in [0.717, 1.165) is 35.4 Å². The number of amides is 2. The van der Waals surface area contributed by atoms with Crippen LogP contribution in [0.1, 0.15) is 34.1 Å². The van der Waals surface area contributed by atoms with Crippen molar-refractivity contribution in [2.75, 3.05) is 56.3 Å². The Labute approximate surface area is 289 Å². The number of rotatable bonds is 11. The molecule has 2 heterocycles. The van der Waals surface area contributed by atoms with Gasteiger partial charge < -0.3 is 29.3 Å². The number of nitrogens with zero attached hydrogens (tertiary/aromatic N) is 3. The monoisotopic (exact) mass is 690 g/mol. The molecule has 0 spiro atoms. The highest BCUT2D eigenvalue weighted by Gasteiger charge is 2.21. The third-order valence-electron chi connectivity index (χ3n) is 7.80. The van der Waals surface area contributed by atoms with Crippen LogP contribution in [0.5, 0.6) is 5.75 Å². The van der Waals surface area contributed by atoms with Gasteiger partial charge in [-0.2, -0.15) is 0 Å². The first-order valence-corrected chi connectivity index (χ1v) is 16.2. The number of anilines is 2. The van der Waals surface area contributed by atoms with E-state index in [0.29, 0.717) is 46.4 Å². The van der Waals surface area contributed by atoms with E-state index < -0.39 is 17.8 Å². The molecular formula is C36H36Cl2N4O6.